The second-order valence-corrected chi connectivity index (χ2v) is 6.05. The molecular weight excluding hydrogens is 252 g/mol. The Labute approximate surface area is 107 Å². The number of nitriles is 1. The summed E-state index contributed by atoms with van der Waals surface area (Å²) in [6.45, 7) is 1.73. The summed E-state index contributed by atoms with van der Waals surface area (Å²) in [7, 11) is -3.29. The van der Waals surface area contributed by atoms with Gasteiger partial charge in [0.15, 0.2) is 0 Å². The Morgan fingerprint density at radius 2 is 1.83 bits per heavy atom. The highest BCUT2D eigenvalue weighted by Crippen LogP contribution is 2.13. The van der Waals surface area contributed by atoms with Crippen LogP contribution in [0.15, 0.2) is 24.3 Å². The van der Waals surface area contributed by atoms with Crippen molar-refractivity contribution in [3.05, 3.63) is 35.4 Å². The quantitative estimate of drug-likeness (QED) is 0.808. The smallest absolute Gasteiger partial charge is 0.218 e. The lowest BCUT2D eigenvalue weighted by Gasteiger charge is -2.26. The fraction of sp³-hybridized carbons (Fsp3) is 0.417. The van der Waals surface area contributed by atoms with Gasteiger partial charge >= 0.3 is 0 Å². The minimum Gasteiger partial charge on any atom is -0.379 e. The summed E-state index contributed by atoms with van der Waals surface area (Å²) >= 11 is 0. The molecule has 1 fully saturated rings. The first-order valence-corrected chi connectivity index (χ1v) is 7.27. The molecular formula is C12H14N2O3S. The van der Waals surface area contributed by atoms with Crippen LogP contribution < -0.4 is 0 Å². The molecule has 1 aromatic rings. The predicted octanol–water partition coefficient (Wildman–Crippen LogP) is 0.720. The second kappa shape index (κ2) is 5.48. The van der Waals surface area contributed by atoms with Gasteiger partial charge in [0.2, 0.25) is 10.0 Å². The van der Waals surface area contributed by atoms with E-state index in [0.717, 1.165) is 0 Å². The molecule has 0 unspecified atom stereocenters. The molecule has 0 N–H and O–H groups in total. The van der Waals surface area contributed by atoms with Gasteiger partial charge in [-0.25, -0.2) is 8.42 Å². The minimum absolute atomic E-state index is 0.0291. The molecule has 0 atom stereocenters. The van der Waals surface area contributed by atoms with E-state index in [9.17, 15) is 8.42 Å². The highest BCUT2D eigenvalue weighted by molar-refractivity contribution is 7.88. The van der Waals surface area contributed by atoms with Gasteiger partial charge in [0.1, 0.15) is 0 Å². The molecule has 18 heavy (non-hydrogen) atoms. The number of nitrogens with zero attached hydrogens (tertiary/aromatic N) is 2. The normalized spacial score (nSPS) is 17.3. The lowest BCUT2D eigenvalue weighted by atomic mass is 10.2. The molecule has 0 radical (unpaired) electrons. The largest absolute Gasteiger partial charge is 0.379 e. The van der Waals surface area contributed by atoms with E-state index in [0.29, 0.717) is 37.4 Å². The first kappa shape index (κ1) is 13.0. The molecule has 0 spiro atoms. The zero-order chi connectivity index (χ0) is 13.0. The fourth-order valence-electron chi connectivity index (χ4n) is 1.80. The average molecular weight is 266 g/mol. The van der Waals surface area contributed by atoms with Gasteiger partial charge in [0.05, 0.1) is 30.6 Å². The van der Waals surface area contributed by atoms with Crippen LogP contribution in [0.4, 0.5) is 0 Å². The van der Waals surface area contributed by atoms with E-state index in [1.807, 2.05) is 6.07 Å². The van der Waals surface area contributed by atoms with Gasteiger partial charge < -0.3 is 4.74 Å². The van der Waals surface area contributed by atoms with Crippen LogP contribution in [0.5, 0.6) is 0 Å². The van der Waals surface area contributed by atoms with Gasteiger partial charge in [-0.3, -0.25) is 0 Å². The summed E-state index contributed by atoms with van der Waals surface area (Å²) in [6.07, 6.45) is 0. The number of benzene rings is 1. The molecule has 0 aromatic heterocycles. The van der Waals surface area contributed by atoms with Crippen LogP contribution in [0.3, 0.4) is 0 Å². The number of morpholine rings is 1. The van der Waals surface area contributed by atoms with Crippen LogP contribution in [-0.4, -0.2) is 39.0 Å². The highest BCUT2D eigenvalue weighted by atomic mass is 32.2. The van der Waals surface area contributed by atoms with Crippen molar-refractivity contribution in [1.82, 2.24) is 4.31 Å². The van der Waals surface area contributed by atoms with Crippen molar-refractivity contribution in [1.29, 1.82) is 5.26 Å². The van der Waals surface area contributed by atoms with Crippen LogP contribution in [0.25, 0.3) is 0 Å². The van der Waals surface area contributed by atoms with Crippen molar-refractivity contribution in [3.8, 4) is 6.07 Å². The Balaban J connectivity index is 2.09. The van der Waals surface area contributed by atoms with Crippen molar-refractivity contribution in [2.24, 2.45) is 0 Å². The summed E-state index contributed by atoms with van der Waals surface area (Å²) in [6, 6.07) is 8.62. The first-order chi connectivity index (χ1) is 8.62. The van der Waals surface area contributed by atoms with E-state index < -0.39 is 10.0 Å². The number of hydrogen-bond acceptors (Lipinski definition) is 4. The third kappa shape index (κ3) is 3.07. The second-order valence-electron chi connectivity index (χ2n) is 4.08. The van der Waals surface area contributed by atoms with E-state index in [-0.39, 0.29) is 5.75 Å². The van der Waals surface area contributed by atoms with E-state index in [4.69, 9.17) is 10.00 Å². The zero-order valence-corrected chi connectivity index (χ0v) is 10.7. The summed E-state index contributed by atoms with van der Waals surface area (Å²) in [5.41, 5.74) is 1.23. The molecule has 2 rings (SSSR count). The Morgan fingerprint density at radius 3 is 2.39 bits per heavy atom. The van der Waals surface area contributed by atoms with Gasteiger partial charge in [-0.05, 0) is 17.7 Å². The fourth-order valence-corrected chi connectivity index (χ4v) is 3.30. The lowest BCUT2D eigenvalue weighted by molar-refractivity contribution is 0.0729. The molecule has 0 bridgehead atoms. The van der Waals surface area contributed by atoms with Crippen molar-refractivity contribution < 1.29 is 13.2 Å². The third-order valence-corrected chi connectivity index (χ3v) is 4.65. The molecule has 0 saturated carbocycles. The Morgan fingerprint density at radius 1 is 1.22 bits per heavy atom. The number of sulfonamides is 1. The monoisotopic (exact) mass is 266 g/mol. The lowest BCUT2D eigenvalue weighted by Crippen LogP contribution is -2.41. The number of hydrogen-bond donors (Lipinski definition) is 0. The minimum atomic E-state index is -3.29. The van der Waals surface area contributed by atoms with Crippen LogP contribution in [0.2, 0.25) is 0 Å². The molecule has 6 heteroatoms. The van der Waals surface area contributed by atoms with Gasteiger partial charge in [-0.1, -0.05) is 12.1 Å². The Bertz CT molecular complexity index is 540. The van der Waals surface area contributed by atoms with Crippen molar-refractivity contribution in [3.63, 3.8) is 0 Å². The van der Waals surface area contributed by atoms with Crippen LogP contribution >= 0.6 is 0 Å². The maximum atomic E-state index is 12.1. The highest BCUT2D eigenvalue weighted by Gasteiger charge is 2.24. The van der Waals surface area contributed by atoms with Crippen molar-refractivity contribution in [2.75, 3.05) is 26.3 Å². The molecule has 96 valence electrons. The Kier molecular flexibility index (Phi) is 3.97. The molecule has 0 aliphatic carbocycles. The van der Waals surface area contributed by atoms with Crippen molar-refractivity contribution in [2.45, 2.75) is 5.75 Å². The average Bonchev–Trinajstić information content (AvgIpc) is 2.40. The van der Waals surface area contributed by atoms with Crippen LogP contribution in [0.1, 0.15) is 11.1 Å². The van der Waals surface area contributed by atoms with Gasteiger partial charge in [-0.2, -0.15) is 9.57 Å². The molecule has 5 nitrogen and oxygen atoms in total. The zero-order valence-electron chi connectivity index (χ0n) is 9.87. The topological polar surface area (TPSA) is 70.4 Å². The van der Waals surface area contributed by atoms with Crippen LogP contribution in [0, 0.1) is 11.3 Å². The number of ether oxygens (including phenoxy) is 1. The molecule has 1 aliphatic rings. The molecule has 1 aliphatic heterocycles. The molecule has 1 aromatic carbocycles. The van der Waals surface area contributed by atoms with E-state index in [1.165, 1.54) is 4.31 Å². The summed E-state index contributed by atoms with van der Waals surface area (Å²) in [4.78, 5) is 0. The number of rotatable bonds is 3. The molecule has 1 saturated heterocycles. The third-order valence-electron chi connectivity index (χ3n) is 2.80. The molecule has 0 amide bonds. The first-order valence-electron chi connectivity index (χ1n) is 5.66. The van der Waals surface area contributed by atoms with E-state index in [2.05, 4.69) is 0 Å². The van der Waals surface area contributed by atoms with Gasteiger partial charge in [-0.15, -0.1) is 0 Å². The maximum Gasteiger partial charge on any atom is 0.218 e. The van der Waals surface area contributed by atoms with Crippen LogP contribution in [-0.2, 0) is 20.5 Å². The van der Waals surface area contributed by atoms with E-state index >= 15 is 0 Å². The van der Waals surface area contributed by atoms with Gasteiger partial charge in [0, 0.05) is 13.1 Å². The van der Waals surface area contributed by atoms with Gasteiger partial charge in [0.25, 0.3) is 0 Å². The van der Waals surface area contributed by atoms with Crippen molar-refractivity contribution >= 4 is 10.0 Å². The summed E-state index contributed by atoms with van der Waals surface area (Å²) in [5, 5.41) is 8.67. The van der Waals surface area contributed by atoms with E-state index in [1.54, 1.807) is 24.3 Å². The molecule has 1 heterocycles. The maximum absolute atomic E-state index is 12.1. The summed E-state index contributed by atoms with van der Waals surface area (Å²) in [5.74, 6) is -0.0291. The predicted molar refractivity (Wildman–Crippen MR) is 66.2 cm³/mol. The Hall–Kier alpha value is -1.42. The summed E-state index contributed by atoms with van der Waals surface area (Å²) < 4.78 is 30.8. The SMILES string of the molecule is N#Cc1ccc(CS(=O)(=O)N2CCOCC2)cc1. The standard InChI is InChI=1S/C12H14N2O3S/c13-9-11-1-3-12(4-2-11)10-18(15,16)14-5-7-17-8-6-14/h1-4H,5-8,10H2.